The first-order valence-corrected chi connectivity index (χ1v) is 22.8. The van der Waals surface area contributed by atoms with Gasteiger partial charge >= 0.3 is 5.97 Å². The van der Waals surface area contributed by atoms with Gasteiger partial charge in [0.15, 0.2) is 0 Å². The van der Waals surface area contributed by atoms with Crippen LogP contribution in [0.5, 0.6) is 0 Å². The van der Waals surface area contributed by atoms with Crippen LogP contribution in [0.2, 0.25) is 24.7 Å². The van der Waals surface area contributed by atoms with Gasteiger partial charge in [0, 0.05) is 12.2 Å². The van der Waals surface area contributed by atoms with Gasteiger partial charge in [0.05, 0.1) is 27.9 Å². The molecule has 0 aromatic heterocycles. The SMILES string of the molecule is COC(=O)/C(C)=C/CCC[C@@H](/C=C(/C=C/CCCO[Si](c1ccccc1)(c1ccccc1)C(C)(C)C)[Si](C)(C)C)OCc1ccccc1. The van der Waals surface area contributed by atoms with Crippen LogP contribution in [0.4, 0.5) is 0 Å². The molecule has 48 heavy (non-hydrogen) atoms. The van der Waals surface area contributed by atoms with E-state index < -0.39 is 16.4 Å². The minimum absolute atomic E-state index is 0.0121. The van der Waals surface area contributed by atoms with Gasteiger partial charge in [0.2, 0.25) is 0 Å². The second kappa shape index (κ2) is 19.0. The summed E-state index contributed by atoms with van der Waals surface area (Å²) >= 11 is 0. The summed E-state index contributed by atoms with van der Waals surface area (Å²) in [7, 11) is -2.76. The van der Waals surface area contributed by atoms with E-state index in [9.17, 15) is 4.79 Å². The Morgan fingerprint density at radius 1 is 0.812 bits per heavy atom. The van der Waals surface area contributed by atoms with Crippen LogP contribution in [0.25, 0.3) is 0 Å². The van der Waals surface area contributed by atoms with E-state index in [1.54, 1.807) is 0 Å². The first-order valence-electron chi connectivity index (χ1n) is 17.4. The number of unbranched alkanes of at least 4 members (excludes halogenated alkanes) is 2. The zero-order valence-corrected chi connectivity index (χ0v) is 32.6. The van der Waals surface area contributed by atoms with Gasteiger partial charge in [-0.05, 0) is 60.0 Å². The van der Waals surface area contributed by atoms with Crippen molar-refractivity contribution in [2.75, 3.05) is 13.7 Å². The highest BCUT2D eigenvalue weighted by Crippen LogP contribution is 2.37. The lowest BCUT2D eigenvalue weighted by molar-refractivity contribution is -0.136. The van der Waals surface area contributed by atoms with Crippen molar-refractivity contribution in [1.82, 2.24) is 0 Å². The fourth-order valence-corrected chi connectivity index (χ4v) is 11.9. The summed E-state index contributed by atoms with van der Waals surface area (Å²) in [5.41, 5.74) is 1.82. The van der Waals surface area contributed by atoms with E-state index in [0.717, 1.165) is 32.1 Å². The fraction of sp³-hybridized carbons (Fsp3) is 0.405. The van der Waals surface area contributed by atoms with Crippen LogP contribution in [0.15, 0.2) is 126 Å². The molecule has 258 valence electrons. The summed E-state index contributed by atoms with van der Waals surface area (Å²) in [6.07, 6.45) is 13.5. The molecule has 0 fully saturated rings. The number of allylic oxidation sites excluding steroid dienone is 4. The molecule has 0 saturated carbocycles. The van der Waals surface area contributed by atoms with Crippen LogP contribution in [0.3, 0.4) is 0 Å². The predicted molar refractivity (Wildman–Crippen MR) is 208 cm³/mol. The molecule has 0 aliphatic rings. The molecule has 4 nitrogen and oxygen atoms in total. The molecular weight excluding hydrogens is 625 g/mol. The molecule has 0 spiro atoms. The zero-order chi connectivity index (χ0) is 35.0. The maximum absolute atomic E-state index is 11.8. The molecule has 0 saturated heterocycles. The van der Waals surface area contributed by atoms with E-state index in [1.165, 1.54) is 28.2 Å². The quantitative estimate of drug-likeness (QED) is 0.0441. The maximum Gasteiger partial charge on any atom is 0.333 e. The van der Waals surface area contributed by atoms with Crippen LogP contribution in [-0.4, -0.2) is 42.2 Å². The number of benzene rings is 3. The molecule has 0 N–H and O–H groups in total. The van der Waals surface area contributed by atoms with Crippen molar-refractivity contribution >= 4 is 32.7 Å². The van der Waals surface area contributed by atoms with E-state index in [2.05, 4.69) is 144 Å². The normalized spacial score (nSPS) is 13.9. The predicted octanol–water partition coefficient (Wildman–Crippen LogP) is 9.58. The number of rotatable bonds is 18. The van der Waals surface area contributed by atoms with E-state index in [1.807, 2.05) is 19.1 Å². The first kappa shape index (κ1) is 39.1. The highest BCUT2D eigenvalue weighted by molar-refractivity contribution is 6.99. The minimum Gasteiger partial charge on any atom is -0.466 e. The number of carbonyl (C=O) groups is 1. The summed E-state index contributed by atoms with van der Waals surface area (Å²) in [6, 6.07) is 32.1. The van der Waals surface area contributed by atoms with Crippen molar-refractivity contribution < 1.29 is 18.7 Å². The molecule has 3 rings (SSSR count). The summed E-state index contributed by atoms with van der Waals surface area (Å²) in [5, 5.41) is 4.01. The summed E-state index contributed by atoms with van der Waals surface area (Å²) < 4.78 is 18.5. The molecule has 0 radical (unpaired) electrons. The molecule has 3 aromatic rings. The van der Waals surface area contributed by atoms with E-state index >= 15 is 0 Å². The third-order valence-electron chi connectivity index (χ3n) is 8.74. The Labute approximate surface area is 293 Å². The lowest BCUT2D eigenvalue weighted by Crippen LogP contribution is -2.66. The van der Waals surface area contributed by atoms with Crippen LogP contribution in [-0.2, 0) is 25.3 Å². The number of hydrogen-bond donors (Lipinski definition) is 0. The minimum atomic E-state index is -2.53. The van der Waals surface area contributed by atoms with Gasteiger partial charge < -0.3 is 13.9 Å². The van der Waals surface area contributed by atoms with Crippen LogP contribution in [0, 0.1) is 0 Å². The Morgan fingerprint density at radius 3 is 1.90 bits per heavy atom. The molecule has 0 unspecified atom stereocenters. The molecular formula is C42H58O4Si2. The standard InChI is InChI=1S/C42H58O4Si2/c1-35(41(43)44-5)23-20-21-26-37(45-34-36-24-13-9-14-25-36)33-40(47(6,7)8)31-19-12-22-32-46-48(42(2,3)4,38-27-15-10-16-28-38)39-29-17-11-18-30-39/h9-11,13-19,23-25,27-31,33,37H,12,20-22,26,32,34H2,1-8H3/b31-19+,35-23+,40-33-/t37-/m0/s1. The van der Waals surface area contributed by atoms with Crippen LogP contribution in [0.1, 0.15) is 65.4 Å². The first-order chi connectivity index (χ1) is 22.9. The van der Waals surface area contributed by atoms with Gasteiger partial charge in [0.1, 0.15) is 0 Å². The topological polar surface area (TPSA) is 44.8 Å². The third kappa shape index (κ3) is 11.7. The molecule has 0 aliphatic carbocycles. The smallest absolute Gasteiger partial charge is 0.333 e. The largest absolute Gasteiger partial charge is 0.466 e. The van der Waals surface area contributed by atoms with Crippen molar-refractivity contribution in [1.29, 1.82) is 0 Å². The van der Waals surface area contributed by atoms with E-state index in [-0.39, 0.29) is 17.1 Å². The van der Waals surface area contributed by atoms with Crippen molar-refractivity contribution in [3.05, 3.63) is 132 Å². The Balaban J connectivity index is 1.74. The Kier molecular flexibility index (Phi) is 15.5. The Morgan fingerprint density at radius 2 is 1.38 bits per heavy atom. The molecule has 3 aromatic carbocycles. The molecule has 1 atom stereocenters. The van der Waals surface area contributed by atoms with Crippen LogP contribution >= 0.6 is 0 Å². The molecule has 0 bridgehead atoms. The van der Waals surface area contributed by atoms with Gasteiger partial charge in [0.25, 0.3) is 8.32 Å². The summed E-state index contributed by atoms with van der Waals surface area (Å²) in [6.45, 7) is 17.3. The summed E-state index contributed by atoms with van der Waals surface area (Å²) in [4.78, 5) is 11.8. The van der Waals surface area contributed by atoms with Crippen molar-refractivity contribution in [3.8, 4) is 0 Å². The lowest BCUT2D eigenvalue weighted by atomic mass is 10.1. The second-order valence-corrected chi connectivity index (χ2v) is 24.0. The average molecular weight is 683 g/mol. The average Bonchev–Trinajstić information content (AvgIpc) is 3.07. The Bertz CT molecular complexity index is 1430. The van der Waals surface area contributed by atoms with Crippen molar-refractivity contribution in [2.24, 2.45) is 0 Å². The molecule has 6 heteroatoms. The third-order valence-corrected chi connectivity index (χ3v) is 15.8. The van der Waals surface area contributed by atoms with Gasteiger partial charge in [-0.2, -0.15) is 0 Å². The van der Waals surface area contributed by atoms with Gasteiger partial charge in [-0.15, -0.1) is 0 Å². The molecule has 0 amide bonds. The number of ether oxygens (including phenoxy) is 2. The number of hydrogen-bond acceptors (Lipinski definition) is 4. The van der Waals surface area contributed by atoms with Crippen molar-refractivity contribution in [2.45, 2.75) is 97.2 Å². The van der Waals surface area contributed by atoms with Gasteiger partial charge in [-0.25, -0.2) is 4.79 Å². The van der Waals surface area contributed by atoms with Crippen molar-refractivity contribution in [3.63, 3.8) is 0 Å². The zero-order valence-electron chi connectivity index (χ0n) is 30.6. The van der Waals surface area contributed by atoms with E-state index in [0.29, 0.717) is 18.8 Å². The van der Waals surface area contributed by atoms with Gasteiger partial charge in [-0.3, -0.25) is 0 Å². The second-order valence-electron chi connectivity index (χ2n) is 14.6. The highest BCUT2D eigenvalue weighted by atomic mass is 28.4. The number of carbonyl (C=O) groups excluding carboxylic acids is 1. The molecule has 0 aliphatic heterocycles. The Hall–Kier alpha value is -3.30. The molecule has 0 heterocycles. The number of methoxy groups -OCH3 is 1. The van der Waals surface area contributed by atoms with Crippen LogP contribution < -0.4 is 10.4 Å². The maximum atomic E-state index is 11.8. The van der Waals surface area contributed by atoms with E-state index in [4.69, 9.17) is 13.9 Å². The fourth-order valence-electron chi connectivity index (χ4n) is 6.03. The lowest BCUT2D eigenvalue weighted by Gasteiger charge is -2.43. The monoisotopic (exact) mass is 682 g/mol. The number of esters is 1. The highest BCUT2D eigenvalue weighted by Gasteiger charge is 2.49. The van der Waals surface area contributed by atoms with Gasteiger partial charge in [-0.1, -0.05) is 161 Å². The summed E-state index contributed by atoms with van der Waals surface area (Å²) in [5.74, 6) is -0.269.